The van der Waals surface area contributed by atoms with Crippen molar-refractivity contribution >= 4 is 21.4 Å². The summed E-state index contributed by atoms with van der Waals surface area (Å²) in [4.78, 5) is 1.47. The fourth-order valence-corrected chi connectivity index (χ4v) is 4.90. The molecule has 124 valence electrons. The lowest BCUT2D eigenvalue weighted by molar-refractivity contribution is 0.305. The van der Waals surface area contributed by atoms with Gasteiger partial charge < -0.3 is 10.6 Å². The highest BCUT2D eigenvalue weighted by atomic mass is 32.1. The molecule has 1 aromatic heterocycles. The van der Waals surface area contributed by atoms with E-state index in [4.69, 9.17) is 0 Å². The van der Waals surface area contributed by atoms with Gasteiger partial charge in [0.2, 0.25) is 0 Å². The second kappa shape index (κ2) is 7.06. The number of hydrogen-bond acceptors (Lipinski definition) is 3. The Morgan fingerprint density at radius 2 is 1.88 bits per heavy atom. The summed E-state index contributed by atoms with van der Waals surface area (Å²) < 4.78 is 1.40. The highest BCUT2D eigenvalue weighted by Gasteiger charge is 2.25. The van der Waals surface area contributed by atoms with Crippen molar-refractivity contribution in [2.45, 2.75) is 38.4 Å². The molecule has 2 N–H and O–H groups in total. The molecule has 0 aliphatic carbocycles. The Balaban J connectivity index is 1.51. The van der Waals surface area contributed by atoms with Crippen LogP contribution in [-0.4, -0.2) is 12.6 Å². The van der Waals surface area contributed by atoms with Gasteiger partial charge in [-0.1, -0.05) is 48.5 Å². The van der Waals surface area contributed by atoms with E-state index in [2.05, 4.69) is 72.2 Å². The maximum atomic E-state index is 3.84. The molecule has 1 fully saturated rings. The fraction of sp³-hybridized carbons (Fsp3) is 0.333. The van der Waals surface area contributed by atoms with E-state index >= 15 is 0 Å². The molecule has 0 saturated carbocycles. The first kappa shape index (κ1) is 15.8. The molecule has 3 heteroatoms. The second-order valence-corrected chi connectivity index (χ2v) is 7.76. The average Bonchev–Trinajstić information content (AvgIpc) is 2.97. The molecule has 1 aliphatic heterocycles. The van der Waals surface area contributed by atoms with Crippen LogP contribution < -0.4 is 10.6 Å². The number of piperidine rings is 1. The van der Waals surface area contributed by atoms with Gasteiger partial charge in [0.15, 0.2) is 0 Å². The van der Waals surface area contributed by atoms with E-state index in [1.165, 1.54) is 38.9 Å². The van der Waals surface area contributed by atoms with Gasteiger partial charge in [-0.3, -0.25) is 0 Å². The van der Waals surface area contributed by atoms with Crippen molar-refractivity contribution in [1.82, 2.24) is 10.6 Å². The third-order valence-electron chi connectivity index (χ3n) is 5.08. The Morgan fingerprint density at radius 1 is 1.08 bits per heavy atom. The molecular weight excluding hydrogens is 312 g/mol. The number of aryl methyl sites for hydroxylation is 1. The van der Waals surface area contributed by atoms with Crippen LogP contribution in [0.2, 0.25) is 0 Å². The monoisotopic (exact) mass is 336 g/mol. The van der Waals surface area contributed by atoms with Gasteiger partial charge in [-0.2, -0.15) is 0 Å². The van der Waals surface area contributed by atoms with Crippen molar-refractivity contribution in [3.05, 3.63) is 70.6 Å². The summed E-state index contributed by atoms with van der Waals surface area (Å²) in [6.07, 6.45) is 2.48. The Kier molecular flexibility index (Phi) is 4.65. The molecule has 4 rings (SSSR count). The number of benzene rings is 2. The summed E-state index contributed by atoms with van der Waals surface area (Å²) >= 11 is 1.93. The van der Waals surface area contributed by atoms with Gasteiger partial charge in [-0.05, 0) is 48.9 Å². The molecule has 2 heterocycles. The molecule has 2 unspecified atom stereocenters. The lowest BCUT2D eigenvalue weighted by Crippen LogP contribution is -2.45. The Morgan fingerprint density at radius 3 is 2.71 bits per heavy atom. The first-order valence-electron chi connectivity index (χ1n) is 8.81. The van der Waals surface area contributed by atoms with Crippen LogP contribution in [0.15, 0.2) is 54.6 Å². The van der Waals surface area contributed by atoms with Crippen LogP contribution in [-0.2, 0) is 6.54 Å². The maximum absolute atomic E-state index is 3.84. The van der Waals surface area contributed by atoms with Crippen molar-refractivity contribution in [1.29, 1.82) is 0 Å². The topological polar surface area (TPSA) is 24.1 Å². The smallest absolute Gasteiger partial charge is 0.0476 e. The van der Waals surface area contributed by atoms with E-state index in [1.807, 2.05) is 11.3 Å². The lowest BCUT2D eigenvalue weighted by atomic mass is 9.92. The van der Waals surface area contributed by atoms with Gasteiger partial charge in [0.05, 0.1) is 0 Å². The number of fused-ring (bicyclic) bond motifs is 1. The minimum atomic E-state index is 0.412. The van der Waals surface area contributed by atoms with Crippen molar-refractivity contribution < 1.29 is 0 Å². The molecule has 2 atom stereocenters. The molecule has 24 heavy (non-hydrogen) atoms. The Bertz CT molecular complexity index is 809. The van der Waals surface area contributed by atoms with Crippen molar-refractivity contribution in [3.63, 3.8) is 0 Å². The minimum absolute atomic E-state index is 0.412. The summed E-state index contributed by atoms with van der Waals surface area (Å²) in [5.74, 6) is 0. The van der Waals surface area contributed by atoms with Crippen LogP contribution in [0.25, 0.3) is 10.1 Å². The van der Waals surface area contributed by atoms with E-state index in [1.54, 1.807) is 0 Å². The summed E-state index contributed by atoms with van der Waals surface area (Å²) in [6.45, 7) is 4.32. The highest BCUT2D eigenvalue weighted by molar-refractivity contribution is 7.19. The second-order valence-electron chi connectivity index (χ2n) is 6.62. The Hall–Kier alpha value is -1.68. The van der Waals surface area contributed by atoms with E-state index in [0.29, 0.717) is 12.1 Å². The van der Waals surface area contributed by atoms with Crippen LogP contribution in [0, 0.1) is 6.92 Å². The fourth-order valence-electron chi connectivity index (χ4n) is 3.74. The van der Waals surface area contributed by atoms with Gasteiger partial charge in [-0.15, -0.1) is 11.3 Å². The molecule has 2 nitrogen and oxygen atoms in total. The molecule has 0 amide bonds. The number of rotatable bonds is 4. The lowest BCUT2D eigenvalue weighted by Gasteiger charge is -2.33. The number of hydrogen-bond donors (Lipinski definition) is 2. The van der Waals surface area contributed by atoms with Crippen LogP contribution in [0.4, 0.5) is 0 Å². The third-order valence-corrected chi connectivity index (χ3v) is 6.36. The zero-order valence-electron chi connectivity index (χ0n) is 14.1. The molecule has 0 spiro atoms. The van der Waals surface area contributed by atoms with Crippen LogP contribution in [0.5, 0.6) is 0 Å². The quantitative estimate of drug-likeness (QED) is 0.715. The Labute approximate surface area is 147 Å². The largest absolute Gasteiger partial charge is 0.309 e. The van der Waals surface area contributed by atoms with E-state index in [-0.39, 0.29) is 0 Å². The van der Waals surface area contributed by atoms with Crippen LogP contribution >= 0.6 is 11.3 Å². The predicted octanol–water partition coefficient (Wildman–Crippen LogP) is 4.79. The van der Waals surface area contributed by atoms with Crippen molar-refractivity contribution in [2.24, 2.45) is 0 Å². The zero-order valence-corrected chi connectivity index (χ0v) is 14.9. The molecule has 2 aromatic carbocycles. The SMILES string of the molecule is Cc1c(CNC2CCCNC2c2ccccc2)sc2ccccc12. The van der Waals surface area contributed by atoms with Crippen molar-refractivity contribution in [3.8, 4) is 0 Å². The van der Waals surface area contributed by atoms with E-state index < -0.39 is 0 Å². The highest BCUT2D eigenvalue weighted by Crippen LogP contribution is 2.31. The molecule has 1 aliphatic rings. The normalized spacial score (nSPS) is 21.2. The summed E-state index contributed by atoms with van der Waals surface area (Å²) in [6, 6.07) is 20.5. The number of thiophene rings is 1. The average molecular weight is 337 g/mol. The molecule has 1 saturated heterocycles. The first-order valence-corrected chi connectivity index (χ1v) is 9.63. The van der Waals surface area contributed by atoms with Crippen LogP contribution in [0.1, 0.15) is 34.9 Å². The molecular formula is C21H24N2S. The van der Waals surface area contributed by atoms with Gasteiger partial charge >= 0.3 is 0 Å². The van der Waals surface area contributed by atoms with Gasteiger partial charge in [0, 0.05) is 28.2 Å². The minimum Gasteiger partial charge on any atom is -0.309 e. The van der Waals surface area contributed by atoms with E-state index in [9.17, 15) is 0 Å². The zero-order chi connectivity index (χ0) is 16.4. The van der Waals surface area contributed by atoms with Gasteiger partial charge in [0.25, 0.3) is 0 Å². The maximum Gasteiger partial charge on any atom is 0.0476 e. The van der Waals surface area contributed by atoms with E-state index in [0.717, 1.165) is 13.1 Å². The number of nitrogens with one attached hydrogen (secondary N) is 2. The summed E-state index contributed by atoms with van der Waals surface area (Å²) in [5.41, 5.74) is 2.82. The standard InChI is InChI=1S/C21H24N2S/c1-15-17-10-5-6-12-19(17)24-20(15)14-23-18-11-7-13-22-21(18)16-8-3-2-4-9-16/h2-6,8-10,12,18,21-23H,7,11,13-14H2,1H3. The van der Waals surface area contributed by atoms with Gasteiger partial charge in [-0.25, -0.2) is 0 Å². The molecule has 3 aromatic rings. The summed E-state index contributed by atoms with van der Waals surface area (Å²) in [7, 11) is 0. The molecule has 0 radical (unpaired) electrons. The predicted molar refractivity (Wildman–Crippen MR) is 104 cm³/mol. The third kappa shape index (κ3) is 3.12. The summed E-state index contributed by atoms with van der Waals surface area (Å²) in [5, 5.41) is 8.94. The van der Waals surface area contributed by atoms with Crippen LogP contribution in [0.3, 0.4) is 0 Å². The first-order chi connectivity index (χ1) is 11.8. The van der Waals surface area contributed by atoms with Crippen molar-refractivity contribution in [2.75, 3.05) is 6.54 Å². The van der Waals surface area contributed by atoms with Gasteiger partial charge in [0.1, 0.15) is 0 Å². The molecule has 0 bridgehead atoms.